The fourth-order valence-electron chi connectivity index (χ4n) is 2.21. The molecule has 2 rings (SSSR count). The van der Waals surface area contributed by atoms with Crippen molar-refractivity contribution in [2.75, 3.05) is 12.3 Å². The van der Waals surface area contributed by atoms with Crippen molar-refractivity contribution in [2.45, 2.75) is 38.0 Å². The van der Waals surface area contributed by atoms with Gasteiger partial charge in [0, 0.05) is 36.4 Å². The first-order valence-corrected chi connectivity index (χ1v) is 8.50. The zero-order valence-electron chi connectivity index (χ0n) is 11.3. The molecule has 3 nitrogen and oxygen atoms in total. The Kier molecular flexibility index (Phi) is 5.05. The van der Waals surface area contributed by atoms with Crippen LogP contribution in [-0.2, 0) is 4.79 Å². The minimum atomic E-state index is 0.0791. The molecule has 0 spiro atoms. The molecule has 1 amide bonds. The molecule has 0 saturated carbocycles. The number of thiophene rings is 1. The summed E-state index contributed by atoms with van der Waals surface area (Å²) in [5.41, 5.74) is 0. The highest BCUT2D eigenvalue weighted by Crippen LogP contribution is 2.25. The minimum Gasteiger partial charge on any atom is -0.338 e. The Hall–Kier alpha value is -0.810. The van der Waals surface area contributed by atoms with Gasteiger partial charge in [-0.15, -0.1) is 11.3 Å². The molecule has 2 atom stereocenters. The second kappa shape index (κ2) is 6.57. The van der Waals surface area contributed by atoms with Crippen molar-refractivity contribution in [1.29, 1.82) is 0 Å². The average molecular weight is 297 g/mol. The van der Waals surface area contributed by atoms with Crippen LogP contribution in [0.5, 0.6) is 0 Å². The van der Waals surface area contributed by atoms with Crippen LogP contribution in [0.15, 0.2) is 17.5 Å². The SMILES string of the molecule is C[C@@H]1SCCN(C(=O)CCC(=O)c2cccs2)[C@H]1C. The summed E-state index contributed by atoms with van der Waals surface area (Å²) in [6, 6.07) is 3.95. The second-order valence-electron chi connectivity index (χ2n) is 4.80. The maximum Gasteiger partial charge on any atom is 0.223 e. The number of carbonyl (C=O) groups is 2. The van der Waals surface area contributed by atoms with E-state index in [2.05, 4.69) is 13.8 Å². The number of Topliss-reactive ketones (excluding diaryl/α,β-unsaturated/α-hetero) is 1. The lowest BCUT2D eigenvalue weighted by molar-refractivity contribution is -0.133. The van der Waals surface area contributed by atoms with Gasteiger partial charge in [0.05, 0.1) is 4.88 Å². The molecule has 0 unspecified atom stereocenters. The molecule has 0 N–H and O–H groups in total. The Labute approximate surface area is 122 Å². The lowest BCUT2D eigenvalue weighted by atomic mass is 10.1. The molecule has 1 aromatic rings. The number of rotatable bonds is 4. The third-order valence-electron chi connectivity index (χ3n) is 3.57. The summed E-state index contributed by atoms with van der Waals surface area (Å²) < 4.78 is 0. The van der Waals surface area contributed by atoms with E-state index in [9.17, 15) is 9.59 Å². The van der Waals surface area contributed by atoms with Gasteiger partial charge in [-0.2, -0.15) is 11.8 Å². The number of ketones is 1. The van der Waals surface area contributed by atoms with E-state index in [-0.39, 0.29) is 17.7 Å². The highest BCUT2D eigenvalue weighted by Gasteiger charge is 2.28. The lowest BCUT2D eigenvalue weighted by Gasteiger charge is -2.37. The maximum absolute atomic E-state index is 12.2. The van der Waals surface area contributed by atoms with E-state index >= 15 is 0 Å². The van der Waals surface area contributed by atoms with E-state index in [0.29, 0.717) is 18.1 Å². The van der Waals surface area contributed by atoms with Gasteiger partial charge in [-0.3, -0.25) is 9.59 Å². The van der Waals surface area contributed by atoms with Crippen LogP contribution in [0, 0.1) is 0 Å². The fraction of sp³-hybridized carbons (Fsp3) is 0.571. The molecule has 0 aromatic carbocycles. The molecule has 1 aliphatic rings. The van der Waals surface area contributed by atoms with E-state index < -0.39 is 0 Å². The summed E-state index contributed by atoms with van der Waals surface area (Å²) in [5, 5.41) is 2.37. The third kappa shape index (κ3) is 3.60. The summed E-state index contributed by atoms with van der Waals surface area (Å²) >= 11 is 3.35. The van der Waals surface area contributed by atoms with Crippen molar-refractivity contribution < 1.29 is 9.59 Å². The predicted molar refractivity (Wildman–Crippen MR) is 81.0 cm³/mol. The van der Waals surface area contributed by atoms with Gasteiger partial charge >= 0.3 is 0 Å². The van der Waals surface area contributed by atoms with Crippen LogP contribution in [0.3, 0.4) is 0 Å². The average Bonchev–Trinajstić information content (AvgIpc) is 2.93. The summed E-state index contributed by atoms with van der Waals surface area (Å²) in [5.74, 6) is 1.19. The standard InChI is InChI=1S/C14H19NO2S2/c1-10-11(2)18-9-7-15(10)14(17)6-5-12(16)13-4-3-8-19-13/h3-4,8,10-11H,5-7,9H2,1-2H3/t10-,11-/m0/s1. The Morgan fingerprint density at radius 1 is 1.37 bits per heavy atom. The van der Waals surface area contributed by atoms with Gasteiger partial charge in [0.1, 0.15) is 0 Å². The van der Waals surface area contributed by atoms with Crippen molar-refractivity contribution in [3.63, 3.8) is 0 Å². The summed E-state index contributed by atoms with van der Waals surface area (Å²) in [6.07, 6.45) is 0.655. The summed E-state index contributed by atoms with van der Waals surface area (Å²) in [7, 11) is 0. The highest BCUT2D eigenvalue weighted by atomic mass is 32.2. The van der Waals surface area contributed by atoms with Crippen LogP contribution < -0.4 is 0 Å². The van der Waals surface area contributed by atoms with E-state index in [0.717, 1.165) is 17.2 Å². The predicted octanol–water partition coefficient (Wildman–Crippen LogP) is 3.06. The first-order chi connectivity index (χ1) is 9.09. The van der Waals surface area contributed by atoms with E-state index in [1.807, 2.05) is 34.2 Å². The minimum absolute atomic E-state index is 0.0791. The monoisotopic (exact) mass is 297 g/mol. The van der Waals surface area contributed by atoms with Gasteiger partial charge < -0.3 is 4.90 Å². The van der Waals surface area contributed by atoms with Crippen molar-refractivity contribution >= 4 is 34.8 Å². The number of carbonyl (C=O) groups excluding carboxylic acids is 2. The van der Waals surface area contributed by atoms with Crippen molar-refractivity contribution in [3.05, 3.63) is 22.4 Å². The number of amides is 1. The van der Waals surface area contributed by atoms with Crippen LogP contribution in [0.25, 0.3) is 0 Å². The quantitative estimate of drug-likeness (QED) is 0.802. The fourth-order valence-corrected chi connectivity index (χ4v) is 4.00. The molecule has 104 valence electrons. The number of thioether (sulfide) groups is 1. The van der Waals surface area contributed by atoms with E-state index in [1.54, 1.807) is 0 Å². The Balaban J connectivity index is 1.86. The van der Waals surface area contributed by atoms with Crippen molar-refractivity contribution in [2.24, 2.45) is 0 Å². The van der Waals surface area contributed by atoms with E-state index in [1.165, 1.54) is 11.3 Å². The molecule has 0 radical (unpaired) electrons. The molecule has 2 heterocycles. The zero-order valence-corrected chi connectivity index (χ0v) is 12.9. The largest absolute Gasteiger partial charge is 0.338 e. The molecule has 1 saturated heterocycles. The Morgan fingerprint density at radius 3 is 2.84 bits per heavy atom. The normalized spacial score (nSPS) is 23.4. The van der Waals surface area contributed by atoms with Gasteiger partial charge in [-0.25, -0.2) is 0 Å². The second-order valence-corrected chi connectivity index (χ2v) is 7.24. The van der Waals surface area contributed by atoms with Gasteiger partial charge in [-0.05, 0) is 18.4 Å². The molecular weight excluding hydrogens is 278 g/mol. The molecule has 0 bridgehead atoms. The molecular formula is C14H19NO2S2. The van der Waals surface area contributed by atoms with Gasteiger partial charge in [0.15, 0.2) is 5.78 Å². The smallest absolute Gasteiger partial charge is 0.223 e. The van der Waals surface area contributed by atoms with Gasteiger partial charge in [-0.1, -0.05) is 13.0 Å². The number of nitrogens with zero attached hydrogens (tertiary/aromatic N) is 1. The summed E-state index contributed by atoms with van der Waals surface area (Å²) in [4.78, 5) is 26.8. The topological polar surface area (TPSA) is 37.4 Å². The summed E-state index contributed by atoms with van der Waals surface area (Å²) in [6.45, 7) is 5.06. The first-order valence-electron chi connectivity index (χ1n) is 6.57. The number of hydrogen-bond acceptors (Lipinski definition) is 4. The molecule has 1 fully saturated rings. The van der Waals surface area contributed by atoms with Gasteiger partial charge in [0.2, 0.25) is 5.91 Å². The molecule has 5 heteroatoms. The van der Waals surface area contributed by atoms with Crippen LogP contribution in [0.4, 0.5) is 0 Å². The van der Waals surface area contributed by atoms with E-state index in [4.69, 9.17) is 0 Å². The molecule has 0 aliphatic carbocycles. The molecule has 1 aliphatic heterocycles. The van der Waals surface area contributed by atoms with Crippen molar-refractivity contribution in [1.82, 2.24) is 4.90 Å². The third-order valence-corrected chi connectivity index (χ3v) is 5.82. The van der Waals surface area contributed by atoms with Crippen LogP contribution in [0.2, 0.25) is 0 Å². The maximum atomic E-state index is 12.2. The lowest BCUT2D eigenvalue weighted by Crippen LogP contribution is -2.48. The van der Waals surface area contributed by atoms with Crippen molar-refractivity contribution in [3.8, 4) is 0 Å². The first kappa shape index (κ1) is 14.6. The zero-order chi connectivity index (χ0) is 13.8. The number of hydrogen-bond donors (Lipinski definition) is 0. The van der Waals surface area contributed by atoms with Crippen LogP contribution in [-0.4, -0.2) is 40.2 Å². The Morgan fingerprint density at radius 2 is 2.16 bits per heavy atom. The molecule has 19 heavy (non-hydrogen) atoms. The molecule has 1 aromatic heterocycles. The highest BCUT2D eigenvalue weighted by molar-refractivity contribution is 8.00. The van der Waals surface area contributed by atoms with Crippen LogP contribution >= 0.6 is 23.1 Å². The van der Waals surface area contributed by atoms with Crippen LogP contribution in [0.1, 0.15) is 36.4 Å². The van der Waals surface area contributed by atoms with Gasteiger partial charge in [0.25, 0.3) is 0 Å². The Bertz CT molecular complexity index is 444.